The number of hydrogen-bond donors (Lipinski definition) is 1. The van der Waals surface area contributed by atoms with Gasteiger partial charge in [0.05, 0.1) is 18.1 Å². The number of hydrogen-bond acceptors (Lipinski definition) is 5. The van der Waals surface area contributed by atoms with Crippen molar-refractivity contribution in [1.29, 1.82) is 0 Å². The number of ether oxygens (including phenoxy) is 1. The summed E-state index contributed by atoms with van der Waals surface area (Å²) in [5, 5.41) is 12.6. The van der Waals surface area contributed by atoms with Gasteiger partial charge in [0.2, 0.25) is 0 Å². The quantitative estimate of drug-likeness (QED) is 0.252. The van der Waals surface area contributed by atoms with Gasteiger partial charge in [-0.05, 0) is 41.3 Å². The number of benzene rings is 4. The van der Waals surface area contributed by atoms with Crippen molar-refractivity contribution < 1.29 is 19.1 Å². The first-order valence-corrected chi connectivity index (χ1v) is 9.37. The van der Waals surface area contributed by atoms with Crippen molar-refractivity contribution >= 4 is 27.7 Å². The fourth-order valence-electron chi connectivity index (χ4n) is 3.96. The molecule has 0 spiro atoms. The number of phenols is 1. The van der Waals surface area contributed by atoms with Gasteiger partial charge in [-0.15, -0.1) is 0 Å². The predicted octanol–water partition coefficient (Wildman–Crippen LogP) is 5.21. The average molecular weight is 396 g/mol. The van der Waals surface area contributed by atoms with Crippen molar-refractivity contribution in [1.82, 2.24) is 0 Å². The van der Waals surface area contributed by atoms with Gasteiger partial charge >= 0.3 is 5.97 Å². The van der Waals surface area contributed by atoms with Crippen molar-refractivity contribution in [2.75, 3.05) is 7.11 Å². The molecular formula is C25H16O5. The Balaban J connectivity index is 2.03. The van der Waals surface area contributed by atoms with Gasteiger partial charge in [-0.3, -0.25) is 4.79 Å². The third kappa shape index (κ3) is 2.63. The molecule has 1 heterocycles. The van der Waals surface area contributed by atoms with Crippen LogP contribution in [-0.4, -0.2) is 18.2 Å². The Hall–Kier alpha value is -4.12. The lowest BCUT2D eigenvalue weighted by Crippen LogP contribution is -2.05. The minimum absolute atomic E-state index is 0.0756. The number of methoxy groups -OCH3 is 1. The second kappa shape index (κ2) is 6.74. The molecule has 5 nitrogen and oxygen atoms in total. The van der Waals surface area contributed by atoms with E-state index in [1.54, 1.807) is 30.3 Å². The van der Waals surface area contributed by atoms with Crippen LogP contribution in [0.5, 0.6) is 5.75 Å². The highest BCUT2D eigenvalue weighted by Crippen LogP contribution is 2.44. The minimum atomic E-state index is -0.461. The molecule has 0 bridgehead atoms. The molecule has 2 aliphatic rings. The molecule has 5 rings (SSSR count). The van der Waals surface area contributed by atoms with Gasteiger partial charge in [0, 0.05) is 22.6 Å². The molecule has 146 valence electrons. The van der Waals surface area contributed by atoms with E-state index in [2.05, 4.69) is 0 Å². The van der Waals surface area contributed by atoms with Crippen molar-refractivity contribution in [2.45, 2.75) is 0 Å². The van der Waals surface area contributed by atoms with Gasteiger partial charge in [-0.1, -0.05) is 36.4 Å². The van der Waals surface area contributed by atoms with Crippen LogP contribution in [0.15, 0.2) is 82.0 Å². The number of esters is 1. The molecule has 3 aromatic carbocycles. The monoisotopic (exact) mass is 396 g/mol. The Morgan fingerprint density at radius 2 is 1.77 bits per heavy atom. The molecule has 0 saturated heterocycles. The first-order chi connectivity index (χ1) is 14.6. The second-order valence-electron chi connectivity index (χ2n) is 6.99. The summed E-state index contributed by atoms with van der Waals surface area (Å²) in [4.78, 5) is 24.5. The number of carbonyl (C=O) groups excluding carboxylic acids is 1. The van der Waals surface area contributed by atoms with E-state index < -0.39 is 5.97 Å². The van der Waals surface area contributed by atoms with Crippen LogP contribution in [0.1, 0.15) is 10.4 Å². The molecule has 1 aliphatic carbocycles. The predicted molar refractivity (Wildman–Crippen MR) is 115 cm³/mol. The molecule has 0 amide bonds. The molecule has 0 fully saturated rings. The maximum absolute atomic E-state index is 12.5. The summed E-state index contributed by atoms with van der Waals surface area (Å²) in [5.41, 5.74) is 2.73. The highest BCUT2D eigenvalue weighted by atomic mass is 16.5. The van der Waals surface area contributed by atoms with Gasteiger partial charge < -0.3 is 14.3 Å². The topological polar surface area (TPSA) is 76.7 Å². The molecule has 1 N–H and O–H groups in total. The van der Waals surface area contributed by atoms with E-state index in [1.807, 2.05) is 30.3 Å². The highest BCUT2D eigenvalue weighted by Gasteiger charge is 2.23. The molecule has 0 aromatic heterocycles. The Labute approximate surface area is 171 Å². The summed E-state index contributed by atoms with van der Waals surface area (Å²) in [6.07, 6.45) is 0. The van der Waals surface area contributed by atoms with Crippen LogP contribution in [0.25, 0.3) is 44.2 Å². The number of fused-ring (bicyclic) bond motifs is 4. The van der Waals surface area contributed by atoms with E-state index in [0.29, 0.717) is 38.8 Å². The van der Waals surface area contributed by atoms with E-state index in [1.165, 1.54) is 19.2 Å². The third-order valence-corrected chi connectivity index (χ3v) is 5.28. The summed E-state index contributed by atoms with van der Waals surface area (Å²) >= 11 is 0. The van der Waals surface area contributed by atoms with Gasteiger partial charge in [0.1, 0.15) is 17.1 Å². The smallest absolute Gasteiger partial charge is 0.338 e. The zero-order chi connectivity index (χ0) is 20.8. The standard InChI is InChI=1S/C25H16O5/c1-29-25(28)17-7-3-2-6-16(17)23-18-12-10-15(26)13-21(18)30-24-19(23)11-9-14-5-4-8-20(27)22(14)24/h2-13,27H,1H3. The lowest BCUT2D eigenvalue weighted by Gasteiger charge is -2.18. The van der Waals surface area contributed by atoms with Crippen molar-refractivity contribution in [3.05, 3.63) is 88.6 Å². The largest absolute Gasteiger partial charge is 0.507 e. The Bertz CT molecular complexity index is 1480. The van der Waals surface area contributed by atoms with Gasteiger partial charge in [0.15, 0.2) is 5.43 Å². The molecule has 1 aliphatic heterocycles. The fraction of sp³-hybridized carbons (Fsp3) is 0.0400. The first kappa shape index (κ1) is 17.9. The fourth-order valence-corrected chi connectivity index (χ4v) is 3.96. The summed E-state index contributed by atoms with van der Waals surface area (Å²) < 4.78 is 11.1. The molecule has 0 atom stereocenters. The van der Waals surface area contributed by atoms with Gasteiger partial charge in [-0.25, -0.2) is 4.79 Å². The first-order valence-electron chi connectivity index (χ1n) is 9.37. The molecule has 0 radical (unpaired) electrons. The van der Waals surface area contributed by atoms with Crippen LogP contribution in [0.2, 0.25) is 0 Å². The van der Waals surface area contributed by atoms with Crippen molar-refractivity contribution in [3.63, 3.8) is 0 Å². The van der Waals surface area contributed by atoms with Crippen LogP contribution in [0.3, 0.4) is 0 Å². The van der Waals surface area contributed by atoms with Crippen LogP contribution >= 0.6 is 0 Å². The molecule has 5 heteroatoms. The Morgan fingerprint density at radius 1 is 0.933 bits per heavy atom. The Morgan fingerprint density at radius 3 is 2.60 bits per heavy atom. The lowest BCUT2D eigenvalue weighted by atomic mass is 9.90. The lowest BCUT2D eigenvalue weighted by molar-refractivity contribution is 0.0601. The van der Waals surface area contributed by atoms with Crippen LogP contribution < -0.4 is 5.43 Å². The molecular weight excluding hydrogens is 380 g/mol. The second-order valence-corrected chi connectivity index (χ2v) is 6.99. The van der Waals surface area contributed by atoms with E-state index in [0.717, 1.165) is 10.9 Å². The van der Waals surface area contributed by atoms with E-state index >= 15 is 0 Å². The summed E-state index contributed by atoms with van der Waals surface area (Å²) in [5.74, 6) is -0.0103. The molecule has 3 aromatic rings. The SMILES string of the molecule is COC(=O)c1ccccc1-c1c2ccc(=O)cc-2oc2c1ccc1cccc(O)c12. The van der Waals surface area contributed by atoms with Gasteiger partial charge in [-0.2, -0.15) is 0 Å². The summed E-state index contributed by atoms with van der Waals surface area (Å²) in [7, 11) is 1.34. The normalized spacial score (nSPS) is 11.2. The number of carbonyl (C=O) groups is 1. The Kier molecular flexibility index (Phi) is 4.03. The zero-order valence-electron chi connectivity index (χ0n) is 16.0. The van der Waals surface area contributed by atoms with Gasteiger partial charge in [0.25, 0.3) is 0 Å². The van der Waals surface area contributed by atoms with Crippen molar-refractivity contribution in [3.8, 4) is 28.2 Å². The number of phenolic OH excluding ortho intramolecular Hbond substituents is 1. The number of aromatic hydroxyl groups is 1. The van der Waals surface area contributed by atoms with E-state index in [9.17, 15) is 14.7 Å². The maximum atomic E-state index is 12.5. The molecule has 0 unspecified atom stereocenters. The van der Waals surface area contributed by atoms with Crippen molar-refractivity contribution in [2.24, 2.45) is 0 Å². The third-order valence-electron chi connectivity index (χ3n) is 5.28. The van der Waals surface area contributed by atoms with E-state index in [-0.39, 0.29) is 11.2 Å². The van der Waals surface area contributed by atoms with Crippen LogP contribution in [-0.2, 0) is 4.74 Å². The molecule has 0 saturated carbocycles. The summed E-state index contributed by atoms with van der Waals surface area (Å²) in [6, 6.07) is 20.7. The average Bonchev–Trinajstić information content (AvgIpc) is 2.76. The molecule has 30 heavy (non-hydrogen) atoms. The van der Waals surface area contributed by atoms with E-state index in [4.69, 9.17) is 9.15 Å². The summed E-state index contributed by atoms with van der Waals surface area (Å²) in [6.45, 7) is 0. The van der Waals surface area contributed by atoms with Crippen LogP contribution in [0.4, 0.5) is 0 Å². The van der Waals surface area contributed by atoms with Crippen LogP contribution in [0, 0.1) is 0 Å². The zero-order valence-corrected chi connectivity index (χ0v) is 16.0. The maximum Gasteiger partial charge on any atom is 0.338 e. The minimum Gasteiger partial charge on any atom is -0.507 e. The number of rotatable bonds is 2. The highest BCUT2D eigenvalue weighted by molar-refractivity contribution is 6.15.